The fourth-order valence-electron chi connectivity index (χ4n) is 3.78. The third-order valence-corrected chi connectivity index (χ3v) is 5.75. The molecule has 126 valence electrons. The molecule has 2 aromatic rings. The maximum Gasteiger partial charge on any atom is 0.271 e. The van der Waals surface area contributed by atoms with E-state index in [0.29, 0.717) is 31.7 Å². The predicted octanol–water partition coefficient (Wildman–Crippen LogP) is 2.07. The van der Waals surface area contributed by atoms with Gasteiger partial charge in [-0.2, -0.15) is 0 Å². The number of aromatic nitrogens is 2. The number of hydrogen-bond donors (Lipinski definition) is 0. The second kappa shape index (κ2) is 5.73. The standard InChI is InChI=1S/C17H20N4O2S/c1-3-16(22)19-8-14-15(9-19)21(7-12-10-24-11(2)18-12)17(23)13-5-4-6-20(13)14/h4-6,10,14-15H,3,7-9H2,1-2H3/t14-,15-/m1/s1. The Labute approximate surface area is 144 Å². The highest BCUT2D eigenvalue weighted by molar-refractivity contribution is 7.09. The fourth-order valence-corrected chi connectivity index (χ4v) is 4.39. The summed E-state index contributed by atoms with van der Waals surface area (Å²) in [5.41, 5.74) is 1.62. The van der Waals surface area contributed by atoms with Crippen LogP contribution < -0.4 is 0 Å². The molecule has 2 aliphatic heterocycles. The fraction of sp³-hybridized carbons (Fsp3) is 0.471. The van der Waals surface area contributed by atoms with Gasteiger partial charge < -0.3 is 14.4 Å². The highest BCUT2D eigenvalue weighted by atomic mass is 32.1. The van der Waals surface area contributed by atoms with Gasteiger partial charge in [0.25, 0.3) is 5.91 Å². The first-order valence-corrected chi connectivity index (χ1v) is 9.13. The molecule has 4 heterocycles. The molecule has 2 amide bonds. The molecular weight excluding hydrogens is 324 g/mol. The Hall–Kier alpha value is -2.15. The molecule has 2 aromatic heterocycles. The third-order valence-electron chi connectivity index (χ3n) is 4.93. The Morgan fingerprint density at radius 2 is 2.17 bits per heavy atom. The molecule has 0 saturated carbocycles. The summed E-state index contributed by atoms with van der Waals surface area (Å²) in [6.45, 7) is 5.62. The van der Waals surface area contributed by atoms with Crippen molar-refractivity contribution >= 4 is 23.2 Å². The van der Waals surface area contributed by atoms with Crippen LogP contribution in [0.2, 0.25) is 0 Å². The lowest BCUT2D eigenvalue weighted by atomic mass is 10.1. The molecule has 0 radical (unpaired) electrons. The van der Waals surface area contributed by atoms with Crippen molar-refractivity contribution in [3.8, 4) is 0 Å². The molecule has 1 fully saturated rings. The summed E-state index contributed by atoms with van der Waals surface area (Å²) in [4.78, 5) is 33.4. The van der Waals surface area contributed by atoms with Crippen LogP contribution in [0.5, 0.6) is 0 Å². The highest BCUT2D eigenvalue weighted by Crippen LogP contribution is 2.34. The van der Waals surface area contributed by atoms with Gasteiger partial charge in [-0.1, -0.05) is 6.92 Å². The molecule has 1 saturated heterocycles. The van der Waals surface area contributed by atoms with Gasteiger partial charge in [-0.25, -0.2) is 4.98 Å². The lowest BCUT2D eigenvalue weighted by molar-refractivity contribution is -0.130. The minimum atomic E-state index is 0.00917. The van der Waals surface area contributed by atoms with E-state index in [1.807, 2.05) is 51.9 Å². The van der Waals surface area contributed by atoms with Crippen LogP contribution in [0.3, 0.4) is 0 Å². The van der Waals surface area contributed by atoms with Crippen molar-refractivity contribution < 1.29 is 9.59 Å². The zero-order valence-electron chi connectivity index (χ0n) is 13.8. The molecule has 2 atom stereocenters. The van der Waals surface area contributed by atoms with E-state index in [9.17, 15) is 9.59 Å². The number of carbonyl (C=O) groups is 2. The van der Waals surface area contributed by atoms with E-state index in [4.69, 9.17) is 0 Å². The van der Waals surface area contributed by atoms with Crippen LogP contribution in [0, 0.1) is 6.92 Å². The normalized spacial score (nSPS) is 22.7. The van der Waals surface area contributed by atoms with Crippen molar-refractivity contribution in [2.24, 2.45) is 0 Å². The van der Waals surface area contributed by atoms with Gasteiger partial charge in [0.15, 0.2) is 0 Å². The Balaban J connectivity index is 1.68. The lowest BCUT2D eigenvalue weighted by Crippen LogP contribution is -2.49. The Morgan fingerprint density at radius 1 is 1.38 bits per heavy atom. The van der Waals surface area contributed by atoms with Crippen molar-refractivity contribution in [2.75, 3.05) is 13.1 Å². The number of carbonyl (C=O) groups excluding carboxylic acids is 2. The molecule has 0 aliphatic carbocycles. The van der Waals surface area contributed by atoms with Gasteiger partial charge in [0.1, 0.15) is 5.69 Å². The summed E-state index contributed by atoms with van der Waals surface area (Å²) in [6.07, 6.45) is 2.45. The maximum atomic E-state index is 13.0. The van der Waals surface area contributed by atoms with Crippen LogP contribution in [0.4, 0.5) is 0 Å². The molecule has 4 rings (SSSR count). The first-order chi connectivity index (χ1) is 11.6. The molecule has 0 unspecified atom stereocenters. The number of hydrogen-bond acceptors (Lipinski definition) is 4. The number of rotatable bonds is 3. The zero-order valence-corrected chi connectivity index (χ0v) is 14.6. The quantitative estimate of drug-likeness (QED) is 0.856. The Morgan fingerprint density at radius 3 is 2.88 bits per heavy atom. The summed E-state index contributed by atoms with van der Waals surface area (Å²) in [7, 11) is 0. The van der Waals surface area contributed by atoms with E-state index in [1.54, 1.807) is 11.3 Å². The van der Waals surface area contributed by atoms with Gasteiger partial charge >= 0.3 is 0 Å². The van der Waals surface area contributed by atoms with Crippen LogP contribution >= 0.6 is 11.3 Å². The largest absolute Gasteiger partial charge is 0.338 e. The number of amides is 2. The van der Waals surface area contributed by atoms with E-state index in [0.717, 1.165) is 10.7 Å². The lowest BCUT2D eigenvalue weighted by Gasteiger charge is -2.37. The minimum Gasteiger partial charge on any atom is -0.338 e. The summed E-state index contributed by atoms with van der Waals surface area (Å²) in [5, 5.41) is 3.01. The second-order valence-electron chi connectivity index (χ2n) is 6.38. The van der Waals surface area contributed by atoms with Gasteiger partial charge in [0, 0.05) is 31.1 Å². The average molecular weight is 344 g/mol. The van der Waals surface area contributed by atoms with Gasteiger partial charge in [-0.3, -0.25) is 9.59 Å². The van der Waals surface area contributed by atoms with Crippen molar-refractivity contribution in [3.05, 3.63) is 40.1 Å². The number of aryl methyl sites for hydroxylation is 1. The molecule has 2 aliphatic rings. The van der Waals surface area contributed by atoms with Crippen LogP contribution in [-0.2, 0) is 11.3 Å². The highest BCUT2D eigenvalue weighted by Gasteiger charge is 2.45. The molecule has 7 heteroatoms. The first kappa shape index (κ1) is 15.4. The van der Waals surface area contributed by atoms with Crippen molar-refractivity contribution in [1.82, 2.24) is 19.4 Å². The molecule has 0 aromatic carbocycles. The number of thiazole rings is 1. The van der Waals surface area contributed by atoms with Crippen molar-refractivity contribution in [2.45, 2.75) is 38.9 Å². The summed E-state index contributed by atoms with van der Waals surface area (Å²) >= 11 is 1.60. The number of nitrogens with zero attached hydrogens (tertiary/aromatic N) is 4. The van der Waals surface area contributed by atoms with Gasteiger partial charge in [0.05, 0.1) is 29.3 Å². The van der Waals surface area contributed by atoms with Gasteiger partial charge in [-0.05, 0) is 19.1 Å². The SMILES string of the molecule is CCC(=O)N1C[C@@H]2[C@@H](C1)n1cccc1C(=O)N2Cc1csc(C)n1. The molecule has 6 nitrogen and oxygen atoms in total. The molecule has 0 bridgehead atoms. The molecule has 24 heavy (non-hydrogen) atoms. The van der Waals surface area contributed by atoms with Crippen LogP contribution in [0.25, 0.3) is 0 Å². The zero-order chi connectivity index (χ0) is 16.8. The van der Waals surface area contributed by atoms with E-state index in [-0.39, 0.29) is 23.9 Å². The van der Waals surface area contributed by atoms with Crippen molar-refractivity contribution in [3.63, 3.8) is 0 Å². The van der Waals surface area contributed by atoms with E-state index in [2.05, 4.69) is 4.98 Å². The van der Waals surface area contributed by atoms with E-state index in [1.165, 1.54) is 0 Å². The number of likely N-dealkylation sites (tertiary alicyclic amines) is 1. The van der Waals surface area contributed by atoms with Crippen LogP contribution in [-0.4, -0.2) is 50.3 Å². The Kier molecular flexibility index (Phi) is 3.68. The smallest absolute Gasteiger partial charge is 0.271 e. The summed E-state index contributed by atoms with van der Waals surface area (Å²) in [6, 6.07) is 3.91. The van der Waals surface area contributed by atoms with E-state index >= 15 is 0 Å². The number of fused-ring (bicyclic) bond motifs is 3. The maximum absolute atomic E-state index is 13.0. The topological polar surface area (TPSA) is 58.4 Å². The van der Waals surface area contributed by atoms with E-state index < -0.39 is 0 Å². The Bertz CT molecular complexity index is 796. The monoisotopic (exact) mass is 344 g/mol. The summed E-state index contributed by atoms with van der Waals surface area (Å²) in [5.74, 6) is 0.174. The average Bonchev–Trinajstić information content (AvgIpc) is 3.29. The van der Waals surface area contributed by atoms with Gasteiger partial charge in [-0.15, -0.1) is 11.3 Å². The minimum absolute atomic E-state index is 0.00917. The van der Waals surface area contributed by atoms with Crippen LogP contribution in [0.15, 0.2) is 23.7 Å². The molecule has 0 N–H and O–H groups in total. The second-order valence-corrected chi connectivity index (χ2v) is 7.44. The predicted molar refractivity (Wildman–Crippen MR) is 90.9 cm³/mol. The van der Waals surface area contributed by atoms with Gasteiger partial charge in [0.2, 0.25) is 5.91 Å². The van der Waals surface area contributed by atoms with Crippen molar-refractivity contribution in [1.29, 1.82) is 0 Å². The summed E-state index contributed by atoms with van der Waals surface area (Å²) < 4.78 is 2.04. The molecular formula is C17H20N4O2S. The van der Waals surface area contributed by atoms with Crippen LogP contribution in [0.1, 0.15) is 40.6 Å². The first-order valence-electron chi connectivity index (χ1n) is 8.25. The molecule has 0 spiro atoms. The third kappa shape index (κ3) is 2.34.